The lowest BCUT2D eigenvalue weighted by Crippen LogP contribution is -2.22. The van der Waals surface area contributed by atoms with Gasteiger partial charge in [-0.05, 0) is 55.0 Å². The number of anilines is 3. The van der Waals surface area contributed by atoms with Crippen LogP contribution in [0.5, 0.6) is 0 Å². The van der Waals surface area contributed by atoms with E-state index in [4.69, 9.17) is 4.74 Å². The maximum atomic E-state index is 12.5. The van der Waals surface area contributed by atoms with E-state index >= 15 is 0 Å². The fraction of sp³-hybridized carbons (Fsp3) is 0.316. The van der Waals surface area contributed by atoms with Crippen LogP contribution in [0.4, 0.5) is 35.0 Å². The molecule has 1 aliphatic heterocycles. The highest BCUT2D eigenvalue weighted by atomic mass is 19.4. The molecule has 0 aliphatic carbocycles. The topological polar surface area (TPSA) is 53.6 Å². The fourth-order valence-corrected chi connectivity index (χ4v) is 2.95. The molecule has 0 unspecified atom stereocenters. The van der Waals surface area contributed by atoms with Crippen molar-refractivity contribution < 1.29 is 22.7 Å². The van der Waals surface area contributed by atoms with Crippen molar-refractivity contribution in [2.24, 2.45) is 0 Å². The van der Waals surface area contributed by atoms with Gasteiger partial charge in [0.25, 0.3) is 0 Å². The van der Waals surface area contributed by atoms with Gasteiger partial charge in [-0.15, -0.1) is 0 Å². The monoisotopic (exact) mass is 379 g/mol. The lowest BCUT2D eigenvalue weighted by atomic mass is 10.2. The number of urea groups is 1. The van der Waals surface area contributed by atoms with E-state index in [-0.39, 0.29) is 11.8 Å². The third kappa shape index (κ3) is 4.91. The minimum absolute atomic E-state index is 0.234. The summed E-state index contributed by atoms with van der Waals surface area (Å²) >= 11 is 0. The number of nitrogens with one attached hydrogen (secondary N) is 2. The molecule has 2 aromatic rings. The summed E-state index contributed by atoms with van der Waals surface area (Å²) in [6, 6.07) is 11.1. The van der Waals surface area contributed by atoms with E-state index in [0.717, 1.165) is 37.3 Å². The molecule has 0 radical (unpaired) electrons. The fourth-order valence-electron chi connectivity index (χ4n) is 2.95. The van der Waals surface area contributed by atoms with Crippen molar-refractivity contribution in [2.75, 3.05) is 35.7 Å². The standard InChI is InChI=1S/C19H20F3N3O2/c1-27-17-10-11-25(12-17)16-8-6-15(7-9-16)24-18(26)23-14-4-2-13(3-5-14)19(20,21)22/h2-9,17H,10-12H2,1H3,(H2,23,24,26)/t17-/m0/s1. The minimum Gasteiger partial charge on any atom is -0.380 e. The van der Waals surface area contributed by atoms with Crippen LogP contribution in [-0.2, 0) is 10.9 Å². The maximum Gasteiger partial charge on any atom is 0.416 e. The molecule has 3 rings (SSSR count). The molecular formula is C19H20F3N3O2. The van der Waals surface area contributed by atoms with Gasteiger partial charge in [0.2, 0.25) is 0 Å². The third-order valence-corrected chi connectivity index (χ3v) is 4.44. The molecule has 8 heteroatoms. The van der Waals surface area contributed by atoms with Crippen molar-refractivity contribution in [3.8, 4) is 0 Å². The van der Waals surface area contributed by atoms with Crippen LogP contribution < -0.4 is 15.5 Å². The Balaban J connectivity index is 1.55. The Morgan fingerprint density at radius 3 is 2.07 bits per heavy atom. The van der Waals surface area contributed by atoms with Gasteiger partial charge in [-0.1, -0.05) is 0 Å². The zero-order valence-electron chi connectivity index (χ0n) is 14.7. The molecule has 0 saturated carbocycles. The second-order valence-corrected chi connectivity index (χ2v) is 6.29. The van der Waals surface area contributed by atoms with Gasteiger partial charge in [-0.25, -0.2) is 4.79 Å². The van der Waals surface area contributed by atoms with Crippen LogP contribution in [0.3, 0.4) is 0 Å². The number of rotatable bonds is 4. The highest BCUT2D eigenvalue weighted by Gasteiger charge is 2.30. The van der Waals surface area contributed by atoms with E-state index in [2.05, 4.69) is 15.5 Å². The van der Waals surface area contributed by atoms with E-state index in [0.29, 0.717) is 5.69 Å². The molecule has 0 aromatic heterocycles. The van der Waals surface area contributed by atoms with Crippen LogP contribution in [-0.4, -0.2) is 32.3 Å². The smallest absolute Gasteiger partial charge is 0.380 e. The lowest BCUT2D eigenvalue weighted by molar-refractivity contribution is -0.137. The van der Waals surface area contributed by atoms with Crippen molar-refractivity contribution in [3.05, 3.63) is 54.1 Å². The van der Waals surface area contributed by atoms with E-state index in [1.54, 1.807) is 19.2 Å². The Labute approximate surface area is 155 Å². The number of nitrogens with zero attached hydrogens (tertiary/aromatic N) is 1. The van der Waals surface area contributed by atoms with Gasteiger partial charge in [-0.2, -0.15) is 13.2 Å². The Hall–Kier alpha value is -2.74. The summed E-state index contributed by atoms with van der Waals surface area (Å²) in [5.41, 5.74) is 1.15. The first kappa shape index (κ1) is 19.0. The number of carbonyl (C=O) groups excluding carboxylic acids is 1. The van der Waals surface area contributed by atoms with Crippen LogP contribution in [0.1, 0.15) is 12.0 Å². The van der Waals surface area contributed by atoms with Crippen molar-refractivity contribution in [1.29, 1.82) is 0 Å². The first-order valence-electron chi connectivity index (χ1n) is 8.48. The molecule has 2 amide bonds. The molecule has 1 saturated heterocycles. The van der Waals surface area contributed by atoms with Crippen molar-refractivity contribution >= 4 is 23.1 Å². The molecule has 1 aliphatic rings. The number of hydrogen-bond donors (Lipinski definition) is 2. The summed E-state index contributed by atoms with van der Waals surface area (Å²) < 4.78 is 43.0. The second-order valence-electron chi connectivity index (χ2n) is 6.29. The number of amides is 2. The number of hydrogen-bond acceptors (Lipinski definition) is 3. The number of ether oxygens (including phenoxy) is 1. The highest BCUT2D eigenvalue weighted by Crippen LogP contribution is 2.30. The average molecular weight is 379 g/mol. The zero-order valence-corrected chi connectivity index (χ0v) is 14.7. The Kier molecular flexibility index (Phi) is 5.55. The highest BCUT2D eigenvalue weighted by molar-refractivity contribution is 5.99. The van der Waals surface area contributed by atoms with E-state index < -0.39 is 17.8 Å². The number of alkyl halides is 3. The summed E-state index contributed by atoms with van der Waals surface area (Å²) in [7, 11) is 1.70. The van der Waals surface area contributed by atoms with Gasteiger partial charge >= 0.3 is 12.2 Å². The summed E-state index contributed by atoms with van der Waals surface area (Å²) in [5.74, 6) is 0. The predicted molar refractivity (Wildman–Crippen MR) is 98.2 cm³/mol. The second kappa shape index (κ2) is 7.87. The number of benzene rings is 2. The summed E-state index contributed by atoms with van der Waals surface area (Å²) in [5, 5.41) is 5.17. The average Bonchev–Trinajstić information content (AvgIpc) is 3.11. The molecule has 0 spiro atoms. The van der Waals surface area contributed by atoms with Crippen LogP contribution in [0.15, 0.2) is 48.5 Å². The largest absolute Gasteiger partial charge is 0.416 e. The zero-order chi connectivity index (χ0) is 19.4. The van der Waals surface area contributed by atoms with Crippen LogP contribution in [0, 0.1) is 0 Å². The molecule has 1 heterocycles. The Bertz CT molecular complexity index is 776. The molecule has 27 heavy (non-hydrogen) atoms. The Morgan fingerprint density at radius 1 is 1.04 bits per heavy atom. The van der Waals surface area contributed by atoms with Crippen molar-refractivity contribution in [3.63, 3.8) is 0 Å². The van der Waals surface area contributed by atoms with Crippen molar-refractivity contribution in [1.82, 2.24) is 0 Å². The van der Waals surface area contributed by atoms with E-state index in [9.17, 15) is 18.0 Å². The first-order valence-corrected chi connectivity index (χ1v) is 8.48. The normalized spacial score (nSPS) is 17.0. The van der Waals surface area contributed by atoms with Gasteiger partial charge < -0.3 is 20.3 Å². The third-order valence-electron chi connectivity index (χ3n) is 4.44. The molecule has 2 aromatic carbocycles. The summed E-state index contributed by atoms with van der Waals surface area (Å²) in [6.45, 7) is 1.75. The lowest BCUT2D eigenvalue weighted by Gasteiger charge is -2.18. The number of methoxy groups -OCH3 is 1. The van der Waals surface area contributed by atoms with Gasteiger partial charge in [0.15, 0.2) is 0 Å². The SMILES string of the molecule is CO[C@H]1CCN(c2ccc(NC(=O)Nc3ccc(C(F)(F)F)cc3)cc2)C1. The first-order chi connectivity index (χ1) is 12.8. The molecular weight excluding hydrogens is 359 g/mol. The van der Waals surface area contributed by atoms with Crippen LogP contribution >= 0.6 is 0 Å². The van der Waals surface area contributed by atoms with Crippen LogP contribution in [0.25, 0.3) is 0 Å². The molecule has 0 bridgehead atoms. The van der Waals surface area contributed by atoms with Gasteiger partial charge in [0.05, 0.1) is 11.7 Å². The van der Waals surface area contributed by atoms with Crippen molar-refractivity contribution in [2.45, 2.75) is 18.7 Å². The quantitative estimate of drug-likeness (QED) is 0.818. The summed E-state index contributed by atoms with van der Waals surface area (Å²) in [4.78, 5) is 14.2. The van der Waals surface area contributed by atoms with E-state index in [1.807, 2.05) is 12.1 Å². The number of halogens is 3. The Morgan fingerprint density at radius 2 is 1.59 bits per heavy atom. The van der Waals surface area contributed by atoms with E-state index in [1.165, 1.54) is 12.1 Å². The van der Waals surface area contributed by atoms with Gasteiger partial charge in [0.1, 0.15) is 0 Å². The number of carbonyl (C=O) groups is 1. The molecule has 1 atom stereocenters. The summed E-state index contributed by atoms with van der Waals surface area (Å²) in [6.07, 6.45) is -3.19. The molecule has 1 fully saturated rings. The van der Waals surface area contributed by atoms with Crippen LogP contribution in [0.2, 0.25) is 0 Å². The van der Waals surface area contributed by atoms with Gasteiger partial charge in [0, 0.05) is 37.3 Å². The minimum atomic E-state index is -4.40. The molecule has 144 valence electrons. The predicted octanol–water partition coefficient (Wildman–Crippen LogP) is 4.57. The molecule has 2 N–H and O–H groups in total. The molecule has 5 nitrogen and oxygen atoms in total. The van der Waals surface area contributed by atoms with Gasteiger partial charge in [-0.3, -0.25) is 0 Å². The maximum absolute atomic E-state index is 12.5.